The second-order valence-corrected chi connectivity index (χ2v) is 5.16. The van der Waals surface area contributed by atoms with Crippen LogP contribution in [0.25, 0.3) is 6.08 Å². The Bertz CT molecular complexity index is 689. The molecule has 0 aliphatic rings. The fourth-order valence-corrected chi connectivity index (χ4v) is 2.01. The minimum absolute atomic E-state index is 0.0895. The maximum absolute atomic E-state index is 12.2. The molecule has 0 spiro atoms. The molecule has 0 unspecified atom stereocenters. The molecule has 0 fully saturated rings. The number of aliphatic hydroxyl groups excluding tert-OH is 1. The smallest absolute Gasteiger partial charge is 0.267 e. The highest BCUT2D eigenvalue weighted by atomic mass is 16.3. The van der Waals surface area contributed by atoms with Crippen molar-refractivity contribution >= 4 is 18.2 Å². The summed E-state index contributed by atoms with van der Waals surface area (Å²) in [7, 11) is 0. The summed E-state index contributed by atoms with van der Waals surface area (Å²) in [5, 5.41) is 13.1. The molecular weight excluding hydrogens is 288 g/mol. The third kappa shape index (κ3) is 5.52. The molecule has 2 N–H and O–H groups in total. The van der Waals surface area contributed by atoms with Crippen LogP contribution in [0.3, 0.4) is 0 Å². The highest BCUT2D eigenvalue weighted by Gasteiger charge is 2.08. The van der Waals surface area contributed by atoms with Crippen LogP contribution < -0.4 is 5.43 Å². The Kier molecular flexibility index (Phi) is 6.27. The van der Waals surface area contributed by atoms with Gasteiger partial charge in [-0.2, -0.15) is 5.10 Å². The zero-order valence-electron chi connectivity index (χ0n) is 13.1. The molecule has 2 aromatic carbocycles. The van der Waals surface area contributed by atoms with E-state index in [2.05, 4.69) is 10.5 Å². The van der Waals surface area contributed by atoms with E-state index in [0.717, 1.165) is 11.1 Å². The molecule has 23 heavy (non-hydrogen) atoms. The lowest BCUT2D eigenvalue weighted by molar-refractivity contribution is -0.117. The number of amides is 1. The Hall–Kier alpha value is -2.72. The van der Waals surface area contributed by atoms with E-state index in [9.17, 15) is 4.79 Å². The fourth-order valence-electron chi connectivity index (χ4n) is 2.01. The van der Waals surface area contributed by atoms with Gasteiger partial charge >= 0.3 is 0 Å². The Morgan fingerprint density at radius 3 is 2.43 bits per heavy atom. The summed E-state index contributed by atoms with van der Waals surface area (Å²) in [5.74, 6) is -0.314. The first-order valence-corrected chi connectivity index (χ1v) is 7.45. The predicted molar refractivity (Wildman–Crippen MR) is 93.0 cm³/mol. The maximum atomic E-state index is 12.2. The minimum Gasteiger partial charge on any atom is -0.396 e. The Balaban J connectivity index is 2.03. The van der Waals surface area contributed by atoms with Crippen LogP contribution >= 0.6 is 0 Å². The van der Waals surface area contributed by atoms with Crippen molar-refractivity contribution in [3.8, 4) is 0 Å². The van der Waals surface area contributed by atoms with Gasteiger partial charge in [-0.15, -0.1) is 0 Å². The Morgan fingerprint density at radius 2 is 1.78 bits per heavy atom. The molecule has 0 aliphatic heterocycles. The number of aliphatic hydroxyl groups is 1. The summed E-state index contributed by atoms with van der Waals surface area (Å²) in [6.45, 7) is 1.92. The van der Waals surface area contributed by atoms with Crippen LogP contribution in [0.5, 0.6) is 0 Å². The van der Waals surface area contributed by atoms with Gasteiger partial charge in [-0.25, -0.2) is 5.43 Å². The number of nitrogens with one attached hydrogen (secondary N) is 1. The van der Waals surface area contributed by atoms with Crippen LogP contribution in [0.2, 0.25) is 0 Å². The van der Waals surface area contributed by atoms with Gasteiger partial charge in [0.1, 0.15) is 0 Å². The first-order chi connectivity index (χ1) is 11.2. The van der Waals surface area contributed by atoms with E-state index in [4.69, 9.17) is 5.11 Å². The van der Waals surface area contributed by atoms with E-state index < -0.39 is 0 Å². The molecule has 2 rings (SSSR count). The Morgan fingerprint density at radius 1 is 1.09 bits per heavy atom. The van der Waals surface area contributed by atoms with Crippen LogP contribution in [0, 0.1) is 6.92 Å². The molecular formula is C19H20N2O2. The van der Waals surface area contributed by atoms with Gasteiger partial charge < -0.3 is 5.11 Å². The molecule has 4 nitrogen and oxygen atoms in total. The molecule has 0 saturated carbocycles. The molecule has 0 saturated heterocycles. The normalized spacial score (nSPS) is 11.7. The number of hydrazone groups is 1. The first kappa shape index (κ1) is 16.6. The molecule has 0 aliphatic carbocycles. The average molecular weight is 308 g/mol. The monoisotopic (exact) mass is 308 g/mol. The quantitative estimate of drug-likeness (QED) is 0.490. The molecule has 0 heterocycles. The van der Waals surface area contributed by atoms with E-state index in [0.29, 0.717) is 5.57 Å². The van der Waals surface area contributed by atoms with Gasteiger partial charge in [-0.3, -0.25) is 4.79 Å². The minimum atomic E-state index is -0.314. The van der Waals surface area contributed by atoms with E-state index in [1.807, 2.05) is 61.5 Å². The maximum Gasteiger partial charge on any atom is 0.267 e. The Labute approximate surface area is 136 Å². The topological polar surface area (TPSA) is 61.7 Å². The predicted octanol–water partition coefficient (Wildman–Crippen LogP) is 2.91. The van der Waals surface area contributed by atoms with Crippen LogP contribution in [-0.4, -0.2) is 23.8 Å². The molecule has 0 radical (unpaired) electrons. The van der Waals surface area contributed by atoms with Crippen molar-refractivity contribution in [2.75, 3.05) is 6.61 Å². The lowest BCUT2D eigenvalue weighted by Crippen LogP contribution is -2.20. The van der Waals surface area contributed by atoms with E-state index in [-0.39, 0.29) is 18.9 Å². The van der Waals surface area contributed by atoms with Crippen molar-refractivity contribution in [1.29, 1.82) is 0 Å². The van der Waals surface area contributed by atoms with Crippen molar-refractivity contribution in [1.82, 2.24) is 5.43 Å². The highest BCUT2D eigenvalue weighted by Crippen LogP contribution is 2.10. The third-order valence-electron chi connectivity index (χ3n) is 3.27. The number of hydrogen-bond donors (Lipinski definition) is 2. The number of carbonyl (C=O) groups is 1. The average Bonchev–Trinajstić information content (AvgIpc) is 2.57. The van der Waals surface area contributed by atoms with E-state index in [1.54, 1.807) is 12.3 Å². The zero-order valence-corrected chi connectivity index (χ0v) is 13.1. The van der Waals surface area contributed by atoms with E-state index >= 15 is 0 Å². The van der Waals surface area contributed by atoms with Crippen LogP contribution in [0.15, 0.2) is 65.3 Å². The van der Waals surface area contributed by atoms with Gasteiger partial charge in [0.25, 0.3) is 5.91 Å². The van der Waals surface area contributed by atoms with Gasteiger partial charge in [-0.05, 0) is 24.1 Å². The lowest BCUT2D eigenvalue weighted by atomic mass is 10.1. The number of aryl methyl sites for hydroxylation is 1. The van der Waals surface area contributed by atoms with Gasteiger partial charge in [0.05, 0.1) is 6.21 Å². The zero-order chi connectivity index (χ0) is 16.5. The second-order valence-electron chi connectivity index (χ2n) is 5.16. The van der Waals surface area contributed by atoms with Crippen LogP contribution in [0.1, 0.15) is 23.1 Å². The van der Waals surface area contributed by atoms with Gasteiger partial charge in [0.15, 0.2) is 0 Å². The molecule has 2 aromatic rings. The molecule has 0 atom stereocenters. The van der Waals surface area contributed by atoms with Crippen LogP contribution in [-0.2, 0) is 4.79 Å². The van der Waals surface area contributed by atoms with E-state index in [1.165, 1.54) is 5.56 Å². The molecule has 118 valence electrons. The highest BCUT2D eigenvalue weighted by molar-refractivity contribution is 5.98. The third-order valence-corrected chi connectivity index (χ3v) is 3.27. The fraction of sp³-hybridized carbons (Fsp3) is 0.158. The van der Waals surface area contributed by atoms with Crippen molar-refractivity contribution in [2.24, 2.45) is 5.10 Å². The first-order valence-electron chi connectivity index (χ1n) is 7.45. The second kappa shape index (κ2) is 8.66. The summed E-state index contributed by atoms with van der Waals surface area (Å²) in [6.07, 6.45) is 3.63. The number of benzene rings is 2. The summed E-state index contributed by atoms with van der Waals surface area (Å²) in [5.41, 5.74) is 5.98. The summed E-state index contributed by atoms with van der Waals surface area (Å²) < 4.78 is 0. The number of nitrogens with zero attached hydrogens (tertiary/aromatic N) is 1. The number of rotatable bonds is 6. The summed E-state index contributed by atoms with van der Waals surface area (Å²) >= 11 is 0. The lowest BCUT2D eigenvalue weighted by Gasteiger charge is -2.04. The summed E-state index contributed by atoms with van der Waals surface area (Å²) in [6, 6.07) is 17.3. The van der Waals surface area contributed by atoms with Crippen molar-refractivity contribution < 1.29 is 9.90 Å². The number of carbonyl (C=O) groups excluding carboxylic acids is 1. The molecule has 0 bridgehead atoms. The molecule has 4 heteroatoms. The SMILES string of the molecule is Cc1ccc(/C=N\NC(=O)/C(=C/c2ccccc2)CCO)cc1. The molecule has 0 aromatic heterocycles. The van der Waals surface area contributed by atoms with Gasteiger partial charge in [0, 0.05) is 18.6 Å². The molecule has 1 amide bonds. The standard InChI is InChI=1S/C19H20N2O2/c1-15-7-9-17(10-8-15)14-20-21-19(23)18(11-12-22)13-16-5-3-2-4-6-16/h2-10,13-14,22H,11-12H2,1H3,(H,21,23)/b18-13+,20-14-. The van der Waals surface area contributed by atoms with Crippen LogP contribution in [0.4, 0.5) is 0 Å². The van der Waals surface area contributed by atoms with Gasteiger partial charge in [-0.1, -0.05) is 60.2 Å². The van der Waals surface area contributed by atoms with Crippen molar-refractivity contribution in [3.05, 3.63) is 76.9 Å². The van der Waals surface area contributed by atoms with Gasteiger partial charge in [0.2, 0.25) is 0 Å². The van der Waals surface area contributed by atoms with Crippen molar-refractivity contribution in [3.63, 3.8) is 0 Å². The van der Waals surface area contributed by atoms with Crippen molar-refractivity contribution in [2.45, 2.75) is 13.3 Å². The largest absolute Gasteiger partial charge is 0.396 e. The number of hydrogen-bond acceptors (Lipinski definition) is 3. The summed E-state index contributed by atoms with van der Waals surface area (Å²) in [4.78, 5) is 12.2.